The fourth-order valence-electron chi connectivity index (χ4n) is 1.86. The Bertz CT molecular complexity index is 411. The normalized spacial score (nSPS) is 11.2. The van der Waals surface area contributed by atoms with Gasteiger partial charge in [-0.1, -0.05) is 27.7 Å². The SMILES string of the molecule is CCNc1nc(Cl)nc(N(CCC(C)C)CCC(C)C)n1. The molecule has 0 aliphatic carbocycles. The van der Waals surface area contributed by atoms with E-state index in [1.54, 1.807) is 0 Å². The highest BCUT2D eigenvalue weighted by atomic mass is 35.5. The fourth-order valence-corrected chi connectivity index (χ4v) is 2.01. The molecule has 0 saturated heterocycles. The van der Waals surface area contributed by atoms with Crippen molar-refractivity contribution in [2.75, 3.05) is 29.9 Å². The van der Waals surface area contributed by atoms with Gasteiger partial charge in [0.15, 0.2) is 0 Å². The molecule has 0 fully saturated rings. The number of nitrogens with zero attached hydrogens (tertiary/aromatic N) is 4. The highest BCUT2D eigenvalue weighted by Crippen LogP contribution is 2.17. The van der Waals surface area contributed by atoms with Crippen LogP contribution in [0, 0.1) is 11.8 Å². The average Bonchev–Trinajstić information content (AvgIpc) is 2.37. The summed E-state index contributed by atoms with van der Waals surface area (Å²) < 4.78 is 0. The van der Waals surface area contributed by atoms with Gasteiger partial charge in [-0.2, -0.15) is 15.0 Å². The van der Waals surface area contributed by atoms with Crippen molar-refractivity contribution < 1.29 is 0 Å². The Balaban J connectivity index is 2.88. The minimum atomic E-state index is 0.245. The summed E-state index contributed by atoms with van der Waals surface area (Å²) >= 11 is 6.03. The molecule has 0 aromatic carbocycles. The van der Waals surface area contributed by atoms with Crippen molar-refractivity contribution in [3.8, 4) is 0 Å². The number of nitrogens with one attached hydrogen (secondary N) is 1. The molecule has 1 aromatic rings. The predicted molar refractivity (Wildman–Crippen MR) is 90.1 cm³/mol. The molecule has 6 heteroatoms. The molecular weight excluding hydrogens is 286 g/mol. The molecule has 0 saturated carbocycles. The molecule has 0 spiro atoms. The first kappa shape index (κ1) is 18.0. The van der Waals surface area contributed by atoms with Crippen LogP contribution in [0.4, 0.5) is 11.9 Å². The van der Waals surface area contributed by atoms with E-state index in [4.69, 9.17) is 11.6 Å². The molecule has 21 heavy (non-hydrogen) atoms. The summed E-state index contributed by atoms with van der Waals surface area (Å²) in [5, 5.41) is 3.35. The van der Waals surface area contributed by atoms with E-state index < -0.39 is 0 Å². The van der Waals surface area contributed by atoms with Gasteiger partial charge >= 0.3 is 0 Å². The lowest BCUT2D eigenvalue weighted by atomic mass is 10.1. The van der Waals surface area contributed by atoms with E-state index in [9.17, 15) is 0 Å². The first-order chi connectivity index (χ1) is 9.92. The lowest BCUT2D eigenvalue weighted by molar-refractivity contribution is 0.530. The predicted octanol–water partition coefficient (Wildman–Crippen LogP) is 3.86. The molecule has 1 aromatic heterocycles. The molecule has 0 amide bonds. The van der Waals surface area contributed by atoms with Crippen LogP contribution < -0.4 is 10.2 Å². The van der Waals surface area contributed by atoms with E-state index >= 15 is 0 Å². The molecule has 120 valence electrons. The summed E-state index contributed by atoms with van der Waals surface area (Å²) in [6.45, 7) is 13.6. The quantitative estimate of drug-likeness (QED) is 0.750. The van der Waals surface area contributed by atoms with Crippen LogP contribution in [-0.2, 0) is 0 Å². The molecule has 1 rings (SSSR count). The Morgan fingerprint density at radius 1 is 1.00 bits per heavy atom. The molecule has 5 nitrogen and oxygen atoms in total. The Morgan fingerprint density at radius 2 is 1.57 bits per heavy atom. The van der Waals surface area contributed by atoms with Crippen molar-refractivity contribution in [2.24, 2.45) is 11.8 Å². The van der Waals surface area contributed by atoms with Crippen molar-refractivity contribution in [3.63, 3.8) is 0 Å². The first-order valence-electron chi connectivity index (χ1n) is 7.82. The Kier molecular flexibility index (Phi) is 7.72. The van der Waals surface area contributed by atoms with Crippen LogP contribution in [0.15, 0.2) is 0 Å². The Labute approximate surface area is 133 Å². The summed E-state index contributed by atoms with van der Waals surface area (Å²) in [4.78, 5) is 15.1. The second-order valence-electron chi connectivity index (χ2n) is 6.11. The lowest BCUT2D eigenvalue weighted by Crippen LogP contribution is -2.29. The Morgan fingerprint density at radius 3 is 2.05 bits per heavy atom. The minimum Gasteiger partial charge on any atom is -0.354 e. The second-order valence-corrected chi connectivity index (χ2v) is 6.45. The maximum absolute atomic E-state index is 6.03. The number of aromatic nitrogens is 3. The third-order valence-corrected chi connectivity index (χ3v) is 3.34. The summed E-state index contributed by atoms with van der Waals surface area (Å²) in [5.74, 6) is 2.52. The van der Waals surface area contributed by atoms with Crippen LogP contribution in [0.25, 0.3) is 0 Å². The molecular formula is C15H28ClN5. The van der Waals surface area contributed by atoms with Gasteiger partial charge in [0.1, 0.15) is 0 Å². The van der Waals surface area contributed by atoms with E-state index in [0.717, 1.165) is 32.5 Å². The summed E-state index contributed by atoms with van der Waals surface area (Å²) in [6, 6.07) is 0. The van der Waals surface area contributed by atoms with Gasteiger partial charge < -0.3 is 10.2 Å². The number of hydrogen-bond donors (Lipinski definition) is 1. The zero-order valence-electron chi connectivity index (χ0n) is 13.9. The molecule has 1 heterocycles. The smallest absolute Gasteiger partial charge is 0.231 e. The average molecular weight is 314 g/mol. The highest BCUT2D eigenvalue weighted by Gasteiger charge is 2.14. The molecule has 1 N–H and O–H groups in total. The minimum absolute atomic E-state index is 0.245. The van der Waals surface area contributed by atoms with E-state index in [1.807, 2.05) is 6.92 Å². The van der Waals surface area contributed by atoms with E-state index in [1.165, 1.54) is 0 Å². The van der Waals surface area contributed by atoms with E-state index in [0.29, 0.717) is 23.7 Å². The maximum atomic E-state index is 6.03. The first-order valence-corrected chi connectivity index (χ1v) is 8.20. The molecule has 0 radical (unpaired) electrons. The molecule has 0 bridgehead atoms. The van der Waals surface area contributed by atoms with E-state index in [-0.39, 0.29) is 5.28 Å². The monoisotopic (exact) mass is 313 g/mol. The van der Waals surface area contributed by atoms with Gasteiger partial charge in [-0.25, -0.2) is 0 Å². The molecule has 0 atom stereocenters. The van der Waals surface area contributed by atoms with Crippen LogP contribution in [0.2, 0.25) is 5.28 Å². The van der Waals surface area contributed by atoms with Crippen molar-refractivity contribution in [2.45, 2.75) is 47.5 Å². The van der Waals surface area contributed by atoms with Crippen molar-refractivity contribution in [1.29, 1.82) is 0 Å². The summed E-state index contributed by atoms with van der Waals surface area (Å²) in [6.07, 6.45) is 2.22. The van der Waals surface area contributed by atoms with Gasteiger partial charge in [-0.05, 0) is 43.2 Å². The van der Waals surface area contributed by atoms with Crippen LogP contribution >= 0.6 is 11.6 Å². The molecule has 0 unspecified atom stereocenters. The van der Waals surface area contributed by atoms with Gasteiger partial charge in [-0.3, -0.25) is 0 Å². The Hall–Kier alpha value is -1.10. The number of rotatable bonds is 9. The standard InChI is InChI=1S/C15H28ClN5/c1-6-17-14-18-13(16)19-15(20-14)21(9-7-11(2)3)10-8-12(4)5/h11-12H,6-10H2,1-5H3,(H,17,18,19,20). The van der Waals surface area contributed by atoms with Crippen LogP contribution in [0.5, 0.6) is 0 Å². The second kappa shape index (κ2) is 9.03. The summed E-state index contributed by atoms with van der Waals surface area (Å²) in [7, 11) is 0. The van der Waals surface area contributed by atoms with Gasteiger partial charge in [-0.15, -0.1) is 0 Å². The van der Waals surface area contributed by atoms with Gasteiger partial charge in [0.2, 0.25) is 17.2 Å². The topological polar surface area (TPSA) is 53.9 Å². The summed E-state index contributed by atoms with van der Waals surface area (Å²) in [5.41, 5.74) is 0. The third kappa shape index (κ3) is 6.93. The van der Waals surface area contributed by atoms with Crippen LogP contribution in [-0.4, -0.2) is 34.6 Å². The molecule has 0 aliphatic heterocycles. The van der Waals surface area contributed by atoms with Crippen LogP contribution in [0.1, 0.15) is 47.5 Å². The third-order valence-electron chi connectivity index (χ3n) is 3.17. The zero-order valence-corrected chi connectivity index (χ0v) is 14.6. The maximum Gasteiger partial charge on any atom is 0.231 e. The molecule has 0 aliphatic rings. The lowest BCUT2D eigenvalue weighted by Gasteiger charge is -2.24. The zero-order chi connectivity index (χ0) is 15.8. The number of hydrogen-bond acceptors (Lipinski definition) is 5. The number of anilines is 2. The van der Waals surface area contributed by atoms with Gasteiger partial charge in [0.25, 0.3) is 0 Å². The highest BCUT2D eigenvalue weighted by molar-refractivity contribution is 6.28. The van der Waals surface area contributed by atoms with Crippen molar-refractivity contribution in [1.82, 2.24) is 15.0 Å². The van der Waals surface area contributed by atoms with E-state index in [2.05, 4.69) is 52.9 Å². The largest absolute Gasteiger partial charge is 0.354 e. The van der Waals surface area contributed by atoms with Crippen molar-refractivity contribution >= 4 is 23.5 Å². The van der Waals surface area contributed by atoms with Crippen LogP contribution in [0.3, 0.4) is 0 Å². The van der Waals surface area contributed by atoms with Crippen molar-refractivity contribution in [3.05, 3.63) is 5.28 Å². The van der Waals surface area contributed by atoms with Gasteiger partial charge in [0, 0.05) is 19.6 Å². The number of halogens is 1. The fraction of sp³-hybridized carbons (Fsp3) is 0.800. The van der Waals surface area contributed by atoms with Gasteiger partial charge in [0.05, 0.1) is 0 Å².